The highest BCUT2D eigenvalue weighted by molar-refractivity contribution is 7.99. The SMILES string of the molecule is C#Cc1cc2c(cc1Sc1nc3c(N)ncnc3n1CCNCC(C)C)N(C)CCO2. The van der Waals surface area contributed by atoms with E-state index in [-0.39, 0.29) is 0 Å². The van der Waals surface area contributed by atoms with Crippen LogP contribution in [0.3, 0.4) is 0 Å². The van der Waals surface area contributed by atoms with Gasteiger partial charge in [-0.1, -0.05) is 31.5 Å². The molecular weight excluding hydrogens is 410 g/mol. The molecule has 0 spiro atoms. The van der Waals surface area contributed by atoms with E-state index in [1.807, 2.05) is 6.07 Å². The molecule has 3 heterocycles. The van der Waals surface area contributed by atoms with E-state index in [1.54, 1.807) is 0 Å². The monoisotopic (exact) mass is 437 g/mol. The molecule has 2 aromatic heterocycles. The first-order valence-electron chi connectivity index (χ1n) is 10.3. The lowest BCUT2D eigenvalue weighted by molar-refractivity contribution is 0.311. The van der Waals surface area contributed by atoms with Crippen LogP contribution in [0.5, 0.6) is 5.75 Å². The van der Waals surface area contributed by atoms with Crippen LogP contribution in [0.4, 0.5) is 11.5 Å². The molecule has 1 aliphatic heterocycles. The number of benzene rings is 1. The zero-order valence-corrected chi connectivity index (χ0v) is 18.9. The number of likely N-dealkylation sites (N-methyl/N-ethyl adjacent to an activating group) is 1. The zero-order valence-electron chi connectivity index (χ0n) is 18.1. The molecule has 3 aromatic rings. The molecule has 1 aliphatic rings. The average molecular weight is 438 g/mol. The van der Waals surface area contributed by atoms with E-state index in [4.69, 9.17) is 21.9 Å². The standard InChI is InChI=1S/C22H27N7OS/c1-5-15-10-17-16(28(4)8-9-30-17)11-18(15)31-22-27-19-20(23)25-13-26-21(19)29(22)7-6-24-12-14(2)3/h1,10-11,13-14,24H,6-9,12H2,2-4H3,(H2,23,25,26). The predicted molar refractivity (Wildman–Crippen MR) is 125 cm³/mol. The van der Waals surface area contributed by atoms with Crippen molar-refractivity contribution in [2.75, 3.05) is 43.9 Å². The van der Waals surface area contributed by atoms with Crippen molar-refractivity contribution in [2.24, 2.45) is 5.92 Å². The second-order valence-corrected chi connectivity index (χ2v) is 8.92. The first kappa shape index (κ1) is 21.3. The van der Waals surface area contributed by atoms with Crippen LogP contribution in [-0.2, 0) is 6.54 Å². The van der Waals surface area contributed by atoms with Crippen LogP contribution in [0, 0.1) is 18.3 Å². The van der Waals surface area contributed by atoms with Gasteiger partial charge in [0, 0.05) is 30.6 Å². The maximum absolute atomic E-state index is 6.08. The number of imidazole rings is 1. The summed E-state index contributed by atoms with van der Waals surface area (Å²) in [5.74, 6) is 4.56. The molecule has 3 N–H and O–H groups in total. The van der Waals surface area contributed by atoms with Gasteiger partial charge in [0.15, 0.2) is 22.1 Å². The number of anilines is 2. The Kier molecular flexibility index (Phi) is 6.20. The number of nitrogen functional groups attached to an aromatic ring is 1. The second kappa shape index (κ2) is 9.04. The maximum Gasteiger partial charge on any atom is 0.175 e. The van der Waals surface area contributed by atoms with Crippen LogP contribution < -0.4 is 20.7 Å². The number of nitrogens with two attached hydrogens (primary N) is 1. The van der Waals surface area contributed by atoms with Gasteiger partial charge in [0.25, 0.3) is 0 Å². The summed E-state index contributed by atoms with van der Waals surface area (Å²) in [4.78, 5) is 16.4. The van der Waals surface area contributed by atoms with Crippen molar-refractivity contribution in [3.05, 3.63) is 24.0 Å². The zero-order chi connectivity index (χ0) is 22.0. The molecule has 0 bridgehead atoms. The first-order chi connectivity index (χ1) is 15.0. The summed E-state index contributed by atoms with van der Waals surface area (Å²) < 4.78 is 7.88. The molecule has 0 aliphatic carbocycles. The lowest BCUT2D eigenvalue weighted by Crippen LogP contribution is -2.28. The Hall–Kier alpha value is -2.96. The van der Waals surface area contributed by atoms with Crippen molar-refractivity contribution in [3.63, 3.8) is 0 Å². The number of rotatable bonds is 7. The Bertz CT molecular complexity index is 1140. The number of hydrogen-bond donors (Lipinski definition) is 2. The molecule has 1 aromatic carbocycles. The van der Waals surface area contributed by atoms with E-state index in [0.29, 0.717) is 30.4 Å². The van der Waals surface area contributed by atoms with Gasteiger partial charge in [-0.3, -0.25) is 0 Å². The Balaban J connectivity index is 1.71. The smallest absolute Gasteiger partial charge is 0.175 e. The molecule has 9 heteroatoms. The Morgan fingerprint density at radius 2 is 2.19 bits per heavy atom. The fourth-order valence-electron chi connectivity index (χ4n) is 3.47. The van der Waals surface area contributed by atoms with E-state index in [1.165, 1.54) is 18.1 Å². The summed E-state index contributed by atoms with van der Waals surface area (Å²) in [6.07, 6.45) is 7.30. The molecule has 8 nitrogen and oxygen atoms in total. The van der Waals surface area contributed by atoms with Gasteiger partial charge in [-0.25, -0.2) is 15.0 Å². The molecule has 0 saturated carbocycles. The summed E-state index contributed by atoms with van der Waals surface area (Å²) in [6.45, 7) is 8.31. The van der Waals surface area contributed by atoms with Gasteiger partial charge in [0.1, 0.15) is 18.7 Å². The van der Waals surface area contributed by atoms with Gasteiger partial charge < -0.3 is 25.3 Å². The molecule has 0 atom stereocenters. The number of terminal acetylenes is 1. The fourth-order valence-corrected chi connectivity index (χ4v) is 4.49. The molecule has 0 saturated heterocycles. The average Bonchev–Trinajstić information content (AvgIpc) is 3.10. The highest BCUT2D eigenvalue weighted by atomic mass is 32.2. The summed E-state index contributed by atoms with van der Waals surface area (Å²) in [7, 11) is 2.05. The summed E-state index contributed by atoms with van der Waals surface area (Å²) in [5, 5.41) is 4.26. The molecule has 31 heavy (non-hydrogen) atoms. The van der Waals surface area contributed by atoms with Crippen LogP contribution in [0.1, 0.15) is 19.4 Å². The van der Waals surface area contributed by atoms with Crippen molar-refractivity contribution in [1.29, 1.82) is 0 Å². The molecule has 0 unspecified atom stereocenters. The third kappa shape index (κ3) is 4.40. The van der Waals surface area contributed by atoms with Crippen molar-refractivity contribution < 1.29 is 4.74 Å². The molecule has 162 valence electrons. The highest BCUT2D eigenvalue weighted by Gasteiger charge is 2.21. The largest absolute Gasteiger partial charge is 0.490 e. The first-order valence-corrected chi connectivity index (χ1v) is 11.1. The Morgan fingerprint density at radius 1 is 1.35 bits per heavy atom. The van der Waals surface area contributed by atoms with Gasteiger partial charge >= 0.3 is 0 Å². The summed E-state index contributed by atoms with van der Waals surface area (Å²) in [5.41, 5.74) is 9.21. The topological polar surface area (TPSA) is 94.1 Å². The highest BCUT2D eigenvalue weighted by Crippen LogP contribution is 2.40. The number of nitrogens with zero attached hydrogens (tertiary/aromatic N) is 5. The third-order valence-corrected chi connectivity index (χ3v) is 6.16. The molecule has 4 rings (SSSR count). The van der Waals surface area contributed by atoms with Crippen molar-refractivity contribution >= 4 is 34.4 Å². The van der Waals surface area contributed by atoms with Crippen molar-refractivity contribution in [3.8, 4) is 18.1 Å². The molecule has 0 fully saturated rings. The Morgan fingerprint density at radius 3 is 2.97 bits per heavy atom. The lowest BCUT2D eigenvalue weighted by Gasteiger charge is -2.28. The van der Waals surface area contributed by atoms with Gasteiger partial charge in [0.05, 0.1) is 12.2 Å². The van der Waals surface area contributed by atoms with E-state index in [2.05, 4.69) is 57.6 Å². The van der Waals surface area contributed by atoms with E-state index in [9.17, 15) is 0 Å². The van der Waals surface area contributed by atoms with Crippen LogP contribution in [0.15, 0.2) is 28.5 Å². The predicted octanol–water partition coefficient (Wildman–Crippen LogP) is 2.62. The van der Waals surface area contributed by atoms with Crippen LogP contribution >= 0.6 is 11.8 Å². The number of aromatic nitrogens is 4. The van der Waals surface area contributed by atoms with E-state index >= 15 is 0 Å². The quantitative estimate of drug-likeness (QED) is 0.430. The molecule has 0 radical (unpaired) electrons. The maximum atomic E-state index is 6.08. The minimum atomic E-state index is 0.372. The summed E-state index contributed by atoms with van der Waals surface area (Å²) in [6, 6.07) is 4.00. The number of ether oxygens (including phenoxy) is 1. The van der Waals surface area contributed by atoms with Gasteiger partial charge in [-0.2, -0.15) is 0 Å². The summed E-state index contributed by atoms with van der Waals surface area (Å²) >= 11 is 1.52. The number of nitrogens with one attached hydrogen (secondary N) is 1. The Labute approximate surface area is 186 Å². The van der Waals surface area contributed by atoms with E-state index in [0.717, 1.165) is 52.3 Å². The van der Waals surface area contributed by atoms with Crippen molar-refractivity contribution in [2.45, 2.75) is 30.4 Å². The van der Waals surface area contributed by atoms with Crippen LogP contribution in [0.2, 0.25) is 0 Å². The number of hydrogen-bond acceptors (Lipinski definition) is 8. The third-order valence-electron chi connectivity index (χ3n) is 5.10. The fraction of sp³-hybridized carbons (Fsp3) is 0.409. The minimum absolute atomic E-state index is 0.372. The van der Waals surface area contributed by atoms with Crippen LogP contribution in [-0.4, -0.2) is 52.8 Å². The number of fused-ring (bicyclic) bond motifs is 2. The van der Waals surface area contributed by atoms with Gasteiger partial charge in [-0.05, 0) is 24.6 Å². The van der Waals surface area contributed by atoms with Crippen molar-refractivity contribution in [1.82, 2.24) is 24.8 Å². The molecule has 0 amide bonds. The van der Waals surface area contributed by atoms with Gasteiger partial charge in [-0.15, -0.1) is 6.42 Å². The normalized spacial score (nSPS) is 13.3. The lowest BCUT2D eigenvalue weighted by atomic mass is 10.1. The van der Waals surface area contributed by atoms with Gasteiger partial charge in [0.2, 0.25) is 0 Å². The minimum Gasteiger partial charge on any atom is -0.490 e. The van der Waals surface area contributed by atoms with Crippen LogP contribution in [0.25, 0.3) is 11.2 Å². The molecular formula is C22H27N7OS. The van der Waals surface area contributed by atoms with E-state index < -0.39 is 0 Å². The second-order valence-electron chi connectivity index (χ2n) is 7.91.